The molecule has 2 amide bonds. The fourth-order valence-electron chi connectivity index (χ4n) is 3.68. The molecule has 0 aromatic heterocycles. The van der Waals surface area contributed by atoms with Crippen molar-refractivity contribution >= 4 is 45.7 Å². The molecular weight excluding hydrogens is 460 g/mol. The van der Waals surface area contributed by atoms with Gasteiger partial charge in [0.15, 0.2) is 0 Å². The Hall–Kier alpha value is -3.97. The van der Waals surface area contributed by atoms with Crippen molar-refractivity contribution in [3.05, 3.63) is 90.5 Å². The van der Waals surface area contributed by atoms with Crippen LogP contribution in [0.2, 0.25) is 0 Å². The molecule has 0 saturated carbocycles. The van der Waals surface area contributed by atoms with E-state index < -0.39 is 0 Å². The van der Waals surface area contributed by atoms with Crippen LogP contribution in [0.5, 0.6) is 11.5 Å². The molecule has 0 heterocycles. The average Bonchev–Trinajstić information content (AvgIpc) is 2.88. The Balaban J connectivity index is 1.43. The molecule has 2 N–H and O–H groups in total. The number of ether oxygens (including phenoxy) is 2. The van der Waals surface area contributed by atoms with Gasteiger partial charge in [0.2, 0.25) is 5.91 Å². The van der Waals surface area contributed by atoms with Gasteiger partial charge in [-0.1, -0.05) is 42.5 Å². The van der Waals surface area contributed by atoms with Crippen LogP contribution in [0.1, 0.15) is 17.3 Å². The van der Waals surface area contributed by atoms with Crippen molar-refractivity contribution in [1.82, 2.24) is 0 Å². The molecular formula is C28H26N2O4S. The molecule has 7 heteroatoms. The molecule has 0 aliphatic rings. The van der Waals surface area contributed by atoms with Crippen molar-refractivity contribution in [2.75, 3.05) is 24.9 Å². The predicted octanol–water partition coefficient (Wildman–Crippen LogP) is 6.23. The summed E-state index contributed by atoms with van der Waals surface area (Å²) < 4.78 is 10.7. The zero-order valence-electron chi connectivity index (χ0n) is 19.7. The normalized spacial score (nSPS) is 11.5. The highest BCUT2D eigenvalue weighted by Crippen LogP contribution is 2.31. The van der Waals surface area contributed by atoms with Crippen molar-refractivity contribution in [2.24, 2.45) is 0 Å². The lowest BCUT2D eigenvalue weighted by molar-refractivity contribution is -0.115. The molecule has 1 unspecified atom stereocenters. The third-order valence-corrected chi connectivity index (χ3v) is 6.54. The number of hydrogen-bond acceptors (Lipinski definition) is 5. The molecule has 4 aromatic rings. The fraction of sp³-hybridized carbons (Fsp3) is 0.143. The maximum atomic E-state index is 13.0. The van der Waals surface area contributed by atoms with E-state index in [4.69, 9.17) is 9.47 Å². The van der Waals surface area contributed by atoms with Gasteiger partial charge in [-0.05, 0) is 60.2 Å². The van der Waals surface area contributed by atoms with E-state index in [0.717, 1.165) is 21.4 Å². The van der Waals surface area contributed by atoms with Gasteiger partial charge >= 0.3 is 0 Å². The monoisotopic (exact) mass is 486 g/mol. The summed E-state index contributed by atoms with van der Waals surface area (Å²) in [6.07, 6.45) is 0. The molecule has 4 aromatic carbocycles. The predicted molar refractivity (Wildman–Crippen MR) is 142 cm³/mol. The molecule has 0 saturated heterocycles. The lowest BCUT2D eigenvalue weighted by Gasteiger charge is -2.15. The summed E-state index contributed by atoms with van der Waals surface area (Å²) in [4.78, 5) is 26.6. The first-order valence-electron chi connectivity index (χ1n) is 11.1. The molecule has 0 bridgehead atoms. The van der Waals surface area contributed by atoms with Crippen LogP contribution in [0.4, 0.5) is 11.4 Å². The summed E-state index contributed by atoms with van der Waals surface area (Å²) >= 11 is 1.41. The zero-order valence-corrected chi connectivity index (χ0v) is 20.5. The van der Waals surface area contributed by atoms with Crippen LogP contribution in [0.25, 0.3) is 10.8 Å². The first kappa shape index (κ1) is 24.2. The highest BCUT2D eigenvalue weighted by Gasteiger charge is 2.19. The topological polar surface area (TPSA) is 76.7 Å². The summed E-state index contributed by atoms with van der Waals surface area (Å²) in [5, 5.41) is 7.73. The summed E-state index contributed by atoms with van der Waals surface area (Å²) in [6, 6.07) is 26.4. The Morgan fingerprint density at radius 2 is 1.40 bits per heavy atom. The van der Waals surface area contributed by atoms with E-state index >= 15 is 0 Å². The number of fused-ring (bicyclic) bond motifs is 1. The molecule has 35 heavy (non-hydrogen) atoms. The molecule has 1 atom stereocenters. The number of rotatable bonds is 8. The van der Waals surface area contributed by atoms with Gasteiger partial charge in [-0.25, -0.2) is 0 Å². The highest BCUT2D eigenvalue weighted by atomic mass is 32.2. The summed E-state index contributed by atoms with van der Waals surface area (Å²) in [7, 11) is 3.01. The number of carbonyl (C=O) groups is 2. The van der Waals surface area contributed by atoms with Crippen molar-refractivity contribution in [2.45, 2.75) is 17.1 Å². The fourth-order valence-corrected chi connectivity index (χ4v) is 4.61. The first-order chi connectivity index (χ1) is 17.0. The van der Waals surface area contributed by atoms with E-state index in [1.54, 1.807) is 24.3 Å². The van der Waals surface area contributed by atoms with Crippen LogP contribution >= 0.6 is 11.8 Å². The van der Waals surface area contributed by atoms with E-state index in [0.29, 0.717) is 22.7 Å². The summed E-state index contributed by atoms with van der Waals surface area (Å²) in [5.41, 5.74) is 1.68. The van der Waals surface area contributed by atoms with Crippen LogP contribution in [0.15, 0.2) is 89.8 Å². The minimum Gasteiger partial charge on any atom is -0.496 e. The Morgan fingerprint density at radius 1 is 0.743 bits per heavy atom. The number of hydrogen-bond donors (Lipinski definition) is 2. The SMILES string of the molecule is COc1cccc(OC)c1C(=O)Nc1cccc(SC(C)C(=O)Nc2ccc3ccccc3c2)c1. The van der Waals surface area contributed by atoms with Gasteiger partial charge in [-0.2, -0.15) is 0 Å². The molecule has 0 radical (unpaired) electrons. The van der Waals surface area contributed by atoms with Gasteiger partial charge in [0, 0.05) is 16.3 Å². The van der Waals surface area contributed by atoms with Gasteiger partial charge in [0.05, 0.1) is 19.5 Å². The van der Waals surface area contributed by atoms with E-state index in [9.17, 15) is 9.59 Å². The highest BCUT2D eigenvalue weighted by molar-refractivity contribution is 8.00. The Morgan fingerprint density at radius 3 is 2.11 bits per heavy atom. The van der Waals surface area contributed by atoms with Crippen LogP contribution < -0.4 is 20.1 Å². The Labute approximate surface area is 208 Å². The third kappa shape index (κ3) is 5.75. The molecule has 0 spiro atoms. The number of carbonyl (C=O) groups excluding carboxylic acids is 2. The van der Waals surface area contributed by atoms with E-state index in [1.807, 2.05) is 67.6 Å². The maximum Gasteiger partial charge on any atom is 0.263 e. The summed E-state index contributed by atoms with van der Waals surface area (Å²) in [5.74, 6) is 0.403. The van der Waals surface area contributed by atoms with Crippen LogP contribution in [0, 0.1) is 0 Å². The van der Waals surface area contributed by atoms with Crippen molar-refractivity contribution in [1.29, 1.82) is 0 Å². The number of benzene rings is 4. The number of methoxy groups -OCH3 is 2. The molecule has 0 aliphatic heterocycles. The van der Waals surface area contributed by atoms with Gasteiger partial charge in [-0.3, -0.25) is 9.59 Å². The lowest BCUT2D eigenvalue weighted by atomic mass is 10.1. The quantitative estimate of drug-likeness (QED) is 0.289. The number of thioether (sulfide) groups is 1. The second kappa shape index (κ2) is 11.0. The lowest BCUT2D eigenvalue weighted by Crippen LogP contribution is -2.22. The van der Waals surface area contributed by atoms with Crippen molar-refractivity contribution < 1.29 is 19.1 Å². The van der Waals surface area contributed by atoms with E-state index in [2.05, 4.69) is 10.6 Å². The second-order valence-electron chi connectivity index (χ2n) is 7.83. The Kier molecular flexibility index (Phi) is 7.57. The van der Waals surface area contributed by atoms with Crippen LogP contribution in [-0.2, 0) is 4.79 Å². The minimum atomic E-state index is -0.346. The van der Waals surface area contributed by atoms with Gasteiger partial charge in [0.1, 0.15) is 17.1 Å². The van der Waals surface area contributed by atoms with Crippen LogP contribution in [-0.4, -0.2) is 31.3 Å². The minimum absolute atomic E-state index is 0.0986. The standard InChI is InChI=1S/C28H26N2O4S/c1-18(27(31)29-22-15-14-19-8-4-5-9-20(19)16-22)35-23-11-6-10-21(17-23)30-28(32)26-24(33-2)12-7-13-25(26)34-3/h4-18H,1-3H3,(H,29,31)(H,30,32). The third-order valence-electron chi connectivity index (χ3n) is 5.45. The van der Waals surface area contributed by atoms with Gasteiger partial charge in [-0.15, -0.1) is 11.8 Å². The van der Waals surface area contributed by atoms with Crippen LogP contribution in [0.3, 0.4) is 0 Å². The summed E-state index contributed by atoms with van der Waals surface area (Å²) in [6.45, 7) is 1.85. The maximum absolute atomic E-state index is 13.0. The molecule has 0 fully saturated rings. The van der Waals surface area contributed by atoms with E-state index in [1.165, 1.54) is 26.0 Å². The van der Waals surface area contributed by atoms with Crippen molar-refractivity contribution in [3.8, 4) is 11.5 Å². The van der Waals surface area contributed by atoms with Gasteiger partial charge < -0.3 is 20.1 Å². The molecule has 0 aliphatic carbocycles. The molecule has 4 rings (SSSR count). The van der Waals surface area contributed by atoms with E-state index in [-0.39, 0.29) is 17.1 Å². The van der Waals surface area contributed by atoms with Crippen molar-refractivity contribution in [3.63, 3.8) is 0 Å². The smallest absolute Gasteiger partial charge is 0.263 e. The first-order valence-corrected chi connectivity index (χ1v) is 11.9. The Bertz CT molecular complexity index is 1350. The van der Waals surface area contributed by atoms with Gasteiger partial charge in [0.25, 0.3) is 5.91 Å². The number of amides is 2. The number of nitrogens with one attached hydrogen (secondary N) is 2. The molecule has 6 nitrogen and oxygen atoms in total. The largest absolute Gasteiger partial charge is 0.496 e. The zero-order chi connectivity index (χ0) is 24.8. The number of anilines is 2. The average molecular weight is 487 g/mol. The second-order valence-corrected chi connectivity index (χ2v) is 9.24. The molecule has 178 valence electrons.